The molecule has 17 heavy (non-hydrogen) atoms. The molecule has 4 nitrogen and oxygen atoms in total. The van der Waals surface area contributed by atoms with Crippen molar-refractivity contribution in [3.63, 3.8) is 0 Å². The highest BCUT2D eigenvalue weighted by molar-refractivity contribution is 5.78. The van der Waals surface area contributed by atoms with E-state index < -0.39 is 5.60 Å². The molecule has 0 unspecified atom stereocenters. The summed E-state index contributed by atoms with van der Waals surface area (Å²) >= 11 is 0. The van der Waals surface area contributed by atoms with Gasteiger partial charge in [-0.3, -0.25) is 4.79 Å². The molecule has 3 N–H and O–H groups in total. The predicted molar refractivity (Wildman–Crippen MR) is 66.7 cm³/mol. The van der Waals surface area contributed by atoms with Crippen LogP contribution in [0.5, 0.6) is 0 Å². The maximum atomic E-state index is 11.6. The molecular formula is C13H24N2O2. The first-order chi connectivity index (χ1) is 8.18. The molecule has 0 spiro atoms. The second-order valence-electron chi connectivity index (χ2n) is 5.57. The molecule has 2 aliphatic carbocycles. The first kappa shape index (κ1) is 12.8. The highest BCUT2D eigenvalue weighted by Gasteiger charge is 2.31. The van der Waals surface area contributed by atoms with Crippen LogP contribution in [-0.2, 0) is 4.79 Å². The molecule has 0 bridgehead atoms. The molecule has 98 valence electrons. The zero-order valence-corrected chi connectivity index (χ0v) is 10.5. The van der Waals surface area contributed by atoms with Crippen LogP contribution < -0.4 is 10.6 Å². The van der Waals surface area contributed by atoms with Crippen molar-refractivity contribution in [3.05, 3.63) is 0 Å². The van der Waals surface area contributed by atoms with E-state index in [9.17, 15) is 9.90 Å². The third-order valence-electron chi connectivity index (χ3n) is 4.06. The van der Waals surface area contributed by atoms with E-state index in [1.807, 2.05) is 0 Å². The van der Waals surface area contributed by atoms with Crippen LogP contribution in [0.4, 0.5) is 0 Å². The number of carbonyl (C=O) groups is 1. The van der Waals surface area contributed by atoms with Crippen LogP contribution in [0.3, 0.4) is 0 Å². The SMILES string of the molecule is O=C(CNC1CCCC1)NCC1(O)CCCC1. The molecular weight excluding hydrogens is 216 g/mol. The van der Waals surface area contributed by atoms with E-state index in [4.69, 9.17) is 0 Å². The van der Waals surface area contributed by atoms with E-state index in [2.05, 4.69) is 10.6 Å². The Bertz CT molecular complexity index is 256. The summed E-state index contributed by atoms with van der Waals surface area (Å²) in [6.07, 6.45) is 8.73. The Balaban J connectivity index is 1.60. The molecule has 0 aromatic carbocycles. The Hall–Kier alpha value is -0.610. The van der Waals surface area contributed by atoms with Crippen LogP contribution in [0.25, 0.3) is 0 Å². The van der Waals surface area contributed by atoms with Crippen molar-refractivity contribution in [2.45, 2.75) is 63.0 Å². The maximum Gasteiger partial charge on any atom is 0.234 e. The van der Waals surface area contributed by atoms with Gasteiger partial charge in [-0.2, -0.15) is 0 Å². The van der Waals surface area contributed by atoms with Crippen LogP contribution in [0.1, 0.15) is 51.4 Å². The van der Waals surface area contributed by atoms with Crippen LogP contribution in [-0.4, -0.2) is 35.7 Å². The molecule has 0 radical (unpaired) electrons. The largest absolute Gasteiger partial charge is 0.388 e. The molecule has 0 aromatic heterocycles. The van der Waals surface area contributed by atoms with Gasteiger partial charge < -0.3 is 15.7 Å². The van der Waals surface area contributed by atoms with Crippen molar-refractivity contribution in [1.82, 2.24) is 10.6 Å². The van der Waals surface area contributed by atoms with Crippen LogP contribution >= 0.6 is 0 Å². The van der Waals surface area contributed by atoms with Gasteiger partial charge >= 0.3 is 0 Å². The fourth-order valence-corrected chi connectivity index (χ4v) is 2.90. The fraction of sp³-hybridized carbons (Fsp3) is 0.923. The lowest BCUT2D eigenvalue weighted by Gasteiger charge is -2.22. The van der Waals surface area contributed by atoms with Crippen molar-refractivity contribution >= 4 is 5.91 Å². The molecule has 1 amide bonds. The Morgan fingerprint density at radius 1 is 1.18 bits per heavy atom. The summed E-state index contributed by atoms with van der Waals surface area (Å²) in [5.74, 6) is 0.0113. The Labute approximate surface area is 103 Å². The van der Waals surface area contributed by atoms with Crippen molar-refractivity contribution in [2.75, 3.05) is 13.1 Å². The molecule has 2 fully saturated rings. The standard InChI is InChI=1S/C13H24N2O2/c16-12(9-14-11-5-1-2-6-11)15-10-13(17)7-3-4-8-13/h11,14,17H,1-10H2,(H,15,16). The highest BCUT2D eigenvalue weighted by atomic mass is 16.3. The molecule has 2 aliphatic rings. The topological polar surface area (TPSA) is 61.4 Å². The zero-order chi connectivity index (χ0) is 12.1. The lowest BCUT2D eigenvalue weighted by Crippen LogP contribution is -2.45. The van der Waals surface area contributed by atoms with Crippen molar-refractivity contribution in [1.29, 1.82) is 0 Å². The summed E-state index contributed by atoms with van der Waals surface area (Å²) in [4.78, 5) is 11.6. The number of hydrogen-bond donors (Lipinski definition) is 3. The number of rotatable bonds is 5. The van der Waals surface area contributed by atoms with Crippen molar-refractivity contribution in [3.8, 4) is 0 Å². The van der Waals surface area contributed by atoms with Gasteiger partial charge in [0.05, 0.1) is 12.1 Å². The van der Waals surface area contributed by atoms with Gasteiger partial charge in [0.25, 0.3) is 0 Å². The monoisotopic (exact) mass is 240 g/mol. The number of amides is 1. The minimum atomic E-state index is -0.636. The second-order valence-corrected chi connectivity index (χ2v) is 5.57. The molecule has 4 heteroatoms. The number of aliphatic hydroxyl groups is 1. The number of hydrogen-bond acceptors (Lipinski definition) is 3. The van der Waals surface area contributed by atoms with Crippen LogP contribution in [0, 0.1) is 0 Å². The summed E-state index contributed by atoms with van der Waals surface area (Å²) in [5, 5.41) is 16.2. The van der Waals surface area contributed by atoms with E-state index >= 15 is 0 Å². The minimum Gasteiger partial charge on any atom is -0.388 e. The van der Waals surface area contributed by atoms with E-state index in [1.54, 1.807) is 0 Å². The van der Waals surface area contributed by atoms with Gasteiger partial charge in [0.15, 0.2) is 0 Å². The van der Waals surface area contributed by atoms with E-state index in [1.165, 1.54) is 25.7 Å². The predicted octanol–water partition coefficient (Wildman–Crippen LogP) is 0.940. The van der Waals surface area contributed by atoms with E-state index in [-0.39, 0.29) is 5.91 Å². The normalized spacial score (nSPS) is 24.1. The molecule has 0 saturated heterocycles. The number of nitrogens with one attached hydrogen (secondary N) is 2. The van der Waals surface area contributed by atoms with Gasteiger partial charge in [-0.15, -0.1) is 0 Å². The molecule has 0 heterocycles. The summed E-state index contributed by atoms with van der Waals surface area (Å²) in [6.45, 7) is 0.804. The maximum absolute atomic E-state index is 11.6. The summed E-state index contributed by atoms with van der Waals surface area (Å²) in [7, 11) is 0. The minimum absolute atomic E-state index is 0.0113. The first-order valence-corrected chi connectivity index (χ1v) is 6.90. The third kappa shape index (κ3) is 3.96. The molecule has 2 rings (SSSR count). The van der Waals surface area contributed by atoms with Gasteiger partial charge in [0.1, 0.15) is 0 Å². The van der Waals surface area contributed by atoms with E-state index in [0.29, 0.717) is 19.1 Å². The smallest absolute Gasteiger partial charge is 0.234 e. The van der Waals surface area contributed by atoms with Gasteiger partial charge in [0, 0.05) is 12.6 Å². The van der Waals surface area contributed by atoms with Gasteiger partial charge in [-0.05, 0) is 25.7 Å². The average molecular weight is 240 g/mol. The molecule has 0 aromatic rings. The highest BCUT2D eigenvalue weighted by Crippen LogP contribution is 2.28. The Morgan fingerprint density at radius 2 is 1.82 bits per heavy atom. The van der Waals surface area contributed by atoms with E-state index in [0.717, 1.165) is 25.7 Å². The van der Waals surface area contributed by atoms with Gasteiger partial charge in [-0.1, -0.05) is 25.7 Å². The quantitative estimate of drug-likeness (QED) is 0.670. The van der Waals surface area contributed by atoms with Crippen LogP contribution in [0.2, 0.25) is 0 Å². The van der Waals surface area contributed by atoms with Crippen molar-refractivity contribution < 1.29 is 9.90 Å². The molecule has 0 aliphatic heterocycles. The lowest BCUT2D eigenvalue weighted by molar-refractivity contribution is -0.121. The average Bonchev–Trinajstić information content (AvgIpc) is 2.95. The second kappa shape index (κ2) is 5.83. The number of carbonyl (C=O) groups excluding carboxylic acids is 1. The molecule has 0 atom stereocenters. The first-order valence-electron chi connectivity index (χ1n) is 6.90. The fourth-order valence-electron chi connectivity index (χ4n) is 2.90. The summed E-state index contributed by atoms with van der Waals surface area (Å²) < 4.78 is 0. The third-order valence-corrected chi connectivity index (χ3v) is 4.06. The summed E-state index contributed by atoms with van der Waals surface area (Å²) in [6, 6.07) is 0.523. The van der Waals surface area contributed by atoms with Gasteiger partial charge in [0.2, 0.25) is 5.91 Å². The summed E-state index contributed by atoms with van der Waals surface area (Å²) in [5.41, 5.74) is -0.636. The van der Waals surface area contributed by atoms with Crippen LogP contribution in [0.15, 0.2) is 0 Å². The van der Waals surface area contributed by atoms with Crippen molar-refractivity contribution in [2.24, 2.45) is 0 Å². The molecule has 2 saturated carbocycles. The zero-order valence-electron chi connectivity index (χ0n) is 10.5. The lowest BCUT2D eigenvalue weighted by atomic mass is 10.0. The Kier molecular flexibility index (Phi) is 4.40. The van der Waals surface area contributed by atoms with Gasteiger partial charge in [-0.25, -0.2) is 0 Å². The Morgan fingerprint density at radius 3 is 2.47 bits per heavy atom.